The van der Waals surface area contributed by atoms with Crippen molar-refractivity contribution in [3.8, 4) is 16.9 Å². The summed E-state index contributed by atoms with van der Waals surface area (Å²) in [6.07, 6.45) is 0.605. The molecule has 0 aliphatic carbocycles. The standard InChI is InChI=1S/C28H21BrN2O/c29-23-16-14-21(15-17-23)25-18-26-24-8-4-5-9-27(24)32-28(31(26)30-25)22-12-10-20(11-13-22)19-6-2-1-3-7-19/h1-17,26,28H,18H2/t26-,28+/m0/s1. The number of ether oxygens (including phenoxy) is 1. The predicted molar refractivity (Wildman–Crippen MR) is 132 cm³/mol. The van der Waals surface area contributed by atoms with Gasteiger partial charge < -0.3 is 4.74 Å². The normalized spacial score (nSPS) is 19.0. The summed E-state index contributed by atoms with van der Waals surface area (Å²) in [7, 11) is 0. The van der Waals surface area contributed by atoms with Crippen molar-refractivity contribution < 1.29 is 4.74 Å². The van der Waals surface area contributed by atoms with E-state index in [2.05, 4.69) is 112 Å². The van der Waals surface area contributed by atoms with Gasteiger partial charge in [-0.05, 0) is 34.9 Å². The molecule has 4 aromatic rings. The smallest absolute Gasteiger partial charge is 0.213 e. The van der Waals surface area contributed by atoms with Gasteiger partial charge in [-0.3, -0.25) is 0 Å². The van der Waals surface area contributed by atoms with E-state index in [9.17, 15) is 0 Å². The van der Waals surface area contributed by atoms with Crippen molar-refractivity contribution in [2.24, 2.45) is 5.10 Å². The Balaban J connectivity index is 1.38. The fraction of sp³-hybridized carbons (Fsp3) is 0.107. The van der Waals surface area contributed by atoms with Crippen LogP contribution in [0.5, 0.6) is 5.75 Å². The summed E-state index contributed by atoms with van der Waals surface area (Å²) in [5.41, 5.74) is 6.95. The van der Waals surface area contributed by atoms with Crippen LogP contribution in [0.1, 0.15) is 35.4 Å². The third kappa shape index (κ3) is 3.41. The molecule has 0 saturated heterocycles. The maximum atomic E-state index is 6.49. The molecule has 156 valence electrons. The Morgan fingerprint density at radius 3 is 2.16 bits per heavy atom. The van der Waals surface area contributed by atoms with Gasteiger partial charge in [0.25, 0.3) is 0 Å². The zero-order chi connectivity index (χ0) is 21.5. The second-order valence-corrected chi connectivity index (χ2v) is 9.07. The molecule has 0 amide bonds. The number of benzene rings is 4. The van der Waals surface area contributed by atoms with Crippen LogP contribution in [-0.2, 0) is 0 Å². The summed E-state index contributed by atoms with van der Waals surface area (Å²) in [5, 5.41) is 7.19. The SMILES string of the molecule is Brc1ccc(C2=NN3[C@@H](c4ccc(-c5ccccc5)cc4)Oc4ccccc4[C@@H]3C2)cc1. The highest BCUT2D eigenvalue weighted by Crippen LogP contribution is 2.47. The molecule has 0 aromatic heterocycles. The molecule has 4 aromatic carbocycles. The van der Waals surface area contributed by atoms with Gasteiger partial charge in [-0.2, -0.15) is 5.10 Å². The van der Waals surface area contributed by atoms with Crippen LogP contribution in [0.3, 0.4) is 0 Å². The summed E-state index contributed by atoms with van der Waals surface area (Å²) in [6.45, 7) is 0. The number of rotatable bonds is 3. The minimum Gasteiger partial charge on any atom is -0.464 e. The average Bonchev–Trinajstić information content (AvgIpc) is 3.30. The molecule has 0 bridgehead atoms. The maximum Gasteiger partial charge on any atom is 0.213 e. The van der Waals surface area contributed by atoms with Gasteiger partial charge >= 0.3 is 0 Å². The number of nitrogens with zero attached hydrogens (tertiary/aromatic N) is 2. The van der Waals surface area contributed by atoms with E-state index < -0.39 is 0 Å². The first-order valence-corrected chi connectivity index (χ1v) is 11.6. The van der Waals surface area contributed by atoms with E-state index in [0.29, 0.717) is 0 Å². The first kappa shape index (κ1) is 19.3. The van der Waals surface area contributed by atoms with Crippen LogP contribution in [-0.4, -0.2) is 10.7 Å². The van der Waals surface area contributed by atoms with Gasteiger partial charge in [-0.1, -0.05) is 101 Å². The number of fused-ring (bicyclic) bond motifs is 3. The molecule has 2 aliphatic heterocycles. The lowest BCUT2D eigenvalue weighted by atomic mass is 9.95. The minimum atomic E-state index is -0.257. The van der Waals surface area contributed by atoms with Gasteiger partial charge in [0.15, 0.2) is 0 Å². The summed E-state index contributed by atoms with van der Waals surface area (Å²) in [4.78, 5) is 0. The van der Waals surface area contributed by atoms with E-state index in [1.165, 1.54) is 16.7 Å². The monoisotopic (exact) mass is 480 g/mol. The molecule has 3 nitrogen and oxygen atoms in total. The summed E-state index contributed by atoms with van der Waals surface area (Å²) >= 11 is 3.53. The van der Waals surface area contributed by atoms with Gasteiger partial charge in [0.1, 0.15) is 5.75 Å². The van der Waals surface area contributed by atoms with E-state index in [1.807, 2.05) is 12.1 Å². The largest absolute Gasteiger partial charge is 0.464 e. The van der Waals surface area contributed by atoms with Gasteiger partial charge in [-0.25, -0.2) is 5.01 Å². The van der Waals surface area contributed by atoms with Crippen LogP contribution in [0.15, 0.2) is 113 Å². The average molecular weight is 481 g/mol. The fourth-order valence-corrected chi connectivity index (χ4v) is 4.81. The quantitative estimate of drug-likeness (QED) is 0.306. The minimum absolute atomic E-state index is 0.164. The Morgan fingerprint density at radius 2 is 1.38 bits per heavy atom. The van der Waals surface area contributed by atoms with Crippen molar-refractivity contribution in [2.75, 3.05) is 0 Å². The predicted octanol–water partition coefficient (Wildman–Crippen LogP) is 7.36. The number of hydrazone groups is 1. The molecular formula is C28H21BrN2O. The number of para-hydroxylation sites is 1. The Bertz CT molecular complexity index is 1280. The number of halogens is 1. The molecule has 2 heterocycles. The van der Waals surface area contributed by atoms with Gasteiger partial charge in [0.05, 0.1) is 11.8 Å². The molecule has 2 atom stereocenters. The number of hydrogen-bond donors (Lipinski definition) is 0. The van der Waals surface area contributed by atoms with Crippen molar-refractivity contribution in [1.82, 2.24) is 5.01 Å². The lowest BCUT2D eigenvalue weighted by Gasteiger charge is -2.38. The van der Waals surface area contributed by atoms with Crippen LogP contribution >= 0.6 is 15.9 Å². The Hall–Kier alpha value is -3.37. The molecule has 0 saturated carbocycles. The highest BCUT2D eigenvalue weighted by atomic mass is 79.9. The lowest BCUT2D eigenvalue weighted by Crippen LogP contribution is -2.33. The fourth-order valence-electron chi connectivity index (χ4n) is 4.54. The van der Waals surface area contributed by atoms with Crippen molar-refractivity contribution >= 4 is 21.6 Å². The summed E-state index contributed by atoms with van der Waals surface area (Å²) in [6, 6.07) is 36.0. The molecule has 0 spiro atoms. The molecule has 4 heteroatoms. The molecule has 32 heavy (non-hydrogen) atoms. The zero-order valence-electron chi connectivity index (χ0n) is 17.4. The van der Waals surface area contributed by atoms with Crippen molar-refractivity contribution in [3.63, 3.8) is 0 Å². The van der Waals surface area contributed by atoms with E-state index in [4.69, 9.17) is 9.84 Å². The molecule has 0 radical (unpaired) electrons. The second kappa shape index (κ2) is 7.95. The third-order valence-electron chi connectivity index (χ3n) is 6.18. The van der Waals surface area contributed by atoms with Crippen LogP contribution in [0, 0.1) is 0 Å². The first-order chi connectivity index (χ1) is 15.8. The van der Waals surface area contributed by atoms with E-state index in [0.717, 1.165) is 33.5 Å². The van der Waals surface area contributed by atoms with Gasteiger partial charge in [0.2, 0.25) is 6.23 Å². The molecule has 2 aliphatic rings. The summed E-state index contributed by atoms with van der Waals surface area (Å²) in [5.74, 6) is 0.943. The third-order valence-corrected chi connectivity index (χ3v) is 6.71. The van der Waals surface area contributed by atoms with Crippen molar-refractivity contribution in [1.29, 1.82) is 0 Å². The second-order valence-electron chi connectivity index (χ2n) is 8.15. The highest BCUT2D eigenvalue weighted by molar-refractivity contribution is 9.10. The topological polar surface area (TPSA) is 24.8 Å². The summed E-state index contributed by atoms with van der Waals surface area (Å²) < 4.78 is 7.56. The molecule has 0 fully saturated rings. The van der Waals surface area contributed by atoms with E-state index in [-0.39, 0.29) is 12.3 Å². The zero-order valence-corrected chi connectivity index (χ0v) is 18.9. The van der Waals surface area contributed by atoms with E-state index in [1.54, 1.807) is 0 Å². The van der Waals surface area contributed by atoms with Gasteiger partial charge in [0, 0.05) is 22.0 Å². The van der Waals surface area contributed by atoms with Gasteiger partial charge in [-0.15, -0.1) is 0 Å². The van der Waals surface area contributed by atoms with Crippen LogP contribution < -0.4 is 4.74 Å². The first-order valence-electron chi connectivity index (χ1n) is 10.8. The van der Waals surface area contributed by atoms with Crippen molar-refractivity contribution in [3.05, 3.63) is 124 Å². The lowest BCUT2D eigenvalue weighted by molar-refractivity contribution is -0.0190. The molecule has 0 N–H and O–H groups in total. The van der Waals surface area contributed by atoms with Crippen LogP contribution in [0.2, 0.25) is 0 Å². The maximum absolute atomic E-state index is 6.49. The molecule has 0 unspecified atom stereocenters. The molecule has 6 rings (SSSR count). The highest BCUT2D eigenvalue weighted by Gasteiger charge is 2.40. The van der Waals surface area contributed by atoms with Crippen LogP contribution in [0.4, 0.5) is 0 Å². The molecular weight excluding hydrogens is 460 g/mol. The van der Waals surface area contributed by atoms with Crippen LogP contribution in [0.25, 0.3) is 11.1 Å². The Morgan fingerprint density at radius 1 is 0.719 bits per heavy atom. The Kier molecular flexibility index (Phi) is 4.80. The number of hydrogen-bond acceptors (Lipinski definition) is 3. The van der Waals surface area contributed by atoms with E-state index >= 15 is 0 Å². The Labute approximate surface area is 196 Å². The van der Waals surface area contributed by atoms with Crippen molar-refractivity contribution in [2.45, 2.75) is 18.7 Å².